The fourth-order valence-electron chi connectivity index (χ4n) is 3.55. The number of aromatic nitrogens is 1. The van der Waals surface area contributed by atoms with E-state index in [0.717, 1.165) is 46.4 Å². The molecule has 0 bridgehead atoms. The second-order valence-corrected chi connectivity index (χ2v) is 8.75. The summed E-state index contributed by atoms with van der Waals surface area (Å²) in [7, 11) is 0. The van der Waals surface area contributed by atoms with Crippen LogP contribution in [-0.2, 0) is 16.0 Å². The number of hydrogen-bond acceptors (Lipinski definition) is 4. The summed E-state index contributed by atoms with van der Waals surface area (Å²) in [6, 6.07) is 12.0. The van der Waals surface area contributed by atoms with E-state index < -0.39 is 0 Å². The molecular formula is C22H23ClN2O2S. The highest BCUT2D eigenvalue weighted by atomic mass is 35.5. The molecule has 2 aromatic carbocycles. The Bertz CT molecular complexity index is 1010. The van der Waals surface area contributed by atoms with Crippen molar-refractivity contribution in [1.29, 1.82) is 0 Å². The summed E-state index contributed by atoms with van der Waals surface area (Å²) in [5.41, 5.74) is 4.09. The first-order chi connectivity index (χ1) is 13.5. The van der Waals surface area contributed by atoms with E-state index in [9.17, 15) is 4.79 Å². The number of rotatable bonds is 5. The summed E-state index contributed by atoms with van der Waals surface area (Å²) in [5.74, 6) is 0.0411. The Morgan fingerprint density at radius 3 is 2.93 bits per heavy atom. The highest BCUT2D eigenvalue weighted by Crippen LogP contribution is 2.34. The molecule has 1 aliphatic heterocycles. The van der Waals surface area contributed by atoms with Crippen molar-refractivity contribution in [1.82, 2.24) is 4.98 Å². The summed E-state index contributed by atoms with van der Waals surface area (Å²) in [4.78, 5) is 19.8. The average molecular weight is 415 g/mol. The number of anilines is 1. The van der Waals surface area contributed by atoms with Crippen molar-refractivity contribution in [2.45, 2.75) is 39.2 Å². The summed E-state index contributed by atoms with van der Waals surface area (Å²) in [6.45, 7) is 5.38. The van der Waals surface area contributed by atoms with Gasteiger partial charge >= 0.3 is 0 Å². The zero-order chi connectivity index (χ0) is 19.7. The summed E-state index contributed by atoms with van der Waals surface area (Å²) in [5, 5.41) is 1.30. The van der Waals surface area contributed by atoms with Crippen LogP contribution in [0.4, 0.5) is 5.13 Å². The number of nitrogens with zero attached hydrogens (tertiary/aromatic N) is 2. The molecule has 28 heavy (non-hydrogen) atoms. The first kappa shape index (κ1) is 19.4. The van der Waals surface area contributed by atoms with Crippen LogP contribution in [0.5, 0.6) is 0 Å². The minimum absolute atomic E-state index is 0.0411. The number of benzene rings is 2. The van der Waals surface area contributed by atoms with Crippen LogP contribution in [0.3, 0.4) is 0 Å². The molecular weight excluding hydrogens is 392 g/mol. The maximum atomic E-state index is 13.3. The molecule has 1 amide bonds. The van der Waals surface area contributed by atoms with Gasteiger partial charge in [-0.25, -0.2) is 4.98 Å². The van der Waals surface area contributed by atoms with Gasteiger partial charge in [0.05, 0.1) is 28.8 Å². The van der Waals surface area contributed by atoms with Gasteiger partial charge in [0.25, 0.3) is 0 Å². The van der Waals surface area contributed by atoms with Crippen LogP contribution in [0.2, 0.25) is 5.02 Å². The van der Waals surface area contributed by atoms with Crippen molar-refractivity contribution >= 4 is 44.2 Å². The van der Waals surface area contributed by atoms with E-state index in [0.29, 0.717) is 23.1 Å². The molecule has 3 aromatic rings. The normalized spacial score (nSPS) is 16.6. The SMILES string of the molecule is Cc1ccc(C)c(CC(=O)N(CC2CCCO2)c2nc3c(Cl)cccc3s2)c1. The van der Waals surface area contributed by atoms with Crippen LogP contribution < -0.4 is 4.90 Å². The Morgan fingerprint density at radius 2 is 2.18 bits per heavy atom. The van der Waals surface area contributed by atoms with Gasteiger partial charge in [0.15, 0.2) is 5.13 Å². The topological polar surface area (TPSA) is 42.4 Å². The molecule has 0 saturated carbocycles. The van der Waals surface area contributed by atoms with Gasteiger partial charge in [0.2, 0.25) is 5.91 Å². The molecule has 0 spiro atoms. The standard InChI is InChI=1S/C22H23ClN2O2S/c1-14-8-9-15(2)16(11-14)12-20(26)25(13-17-5-4-10-27-17)22-24-21-18(23)6-3-7-19(21)28-22/h3,6-9,11,17H,4-5,10,12-13H2,1-2H3. The quantitative estimate of drug-likeness (QED) is 0.567. The van der Waals surface area contributed by atoms with E-state index >= 15 is 0 Å². The Labute approximate surface area is 174 Å². The molecule has 4 nitrogen and oxygen atoms in total. The molecule has 2 heterocycles. The van der Waals surface area contributed by atoms with E-state index in [1.807, 2.05) is 32.0 Å². The molecule has 1 unspecified atom stereocenters. The van der Waals surface area contributed by atoms with Crippen LogP contribution in [0.1, 0.15) is 29.5 Å². The lowest BCUT2D eigenvalue weighted by molar-refractivity contribution is -0.118. The van der Waals surface area contributed by atoms with Crippen LogP contribution in [-0.4, -0.2) is 30.1 Å². The number of ether oxygens (including phenoxy) is 1. The molecule has 0 radical (unpaired) electrons. The molecule has 1 aromatic heterocycles. The molecule has 4 rings (SSSR count). The molecule has 1 fully saturated rings. The molecule has 6 heteroatoms. The van der Waals surface area contributed by atoms with Gasteiger partial charge < -0.3 is 4.74 Å². The maximum Gasteiger partial charge on any atom is 0.233 e. The number of hydrogen-bond donors (Lipinski definition) is 0. The minimum Gasteiger partial charge on any atom is -0.376 e. The summed E-state index contributed by atoms with van der Waals surface area (Å²) < 4.78 is 6.79. The van der Waals surface area contributed by atoms with E-state index in [-0.39, 0.29) is 12.0 Å². The third kappa shape index (κ3) is 4.07. The zero-order valence-corrected chi connectivity index (χ0v) is 17.6. The Morgan fingerprint density at radius 1 is 1.32 bits per heavy atom. The average Bonchev–Trinajstić information content (AvgIpc) is 3.32. The number of aryl methyl sites for hydroxylation is 2. The first-order valence-electron chi connectivity index (χ1n) is 9.54. The van der Waals surface area contributed by atoms with E-state index in [2.05, 4.69) is 18.2 Å². The van der Waals surface area contributed by atoms with Crippen molar-refractivity contribution in [2.24, 2.45) is 0 Å². The van der Waals surface area contributed by atoms with E-state index in [4.69, 9.17) is 21.3 Å². The van der Waals surface area contributed by atoms with E-state index in [1.165, 1.54) is 11.3 Å². The zero-order valence-electron chi connectivity index (χ0n) is 16.1. The predicted molar refractivity (Wildman–Crippen MR) is 116 cm³/mol. The summed E-state index contributed by atoms with van der Waals surface area (Å²) in [6.07, 6.45) is 2.42. The number of amides is 1. The Kier molecular flexibility index (Phi) is 5.67. The second kappa shape index (κ2) is 8.19. The Balaban J connectivity index is 1.66. The second-order valence-electron chi connectivity index (χ2n) is 7.33. The van der Waals surface area contributed by atoms with Crippen LogP contribution in [0, 0.1) is 13.8 Å². The largest absolute Gasteiger partial charge is 0.376 e. The van der Waals surface area contributed by atoms with Crippen molar-refractivity contribution in [2.75, 3.05) is 18.1 Å². The van der Waals surface area contributed by atoms with Gasteiger partial charge in [-0.15, -0.1) is 0 Å². The number of fused-ring (bicyclic) bond motifs is 1. The fraction of sp³-hybridized carbons (Fsp3) is 0.364. The molecule has 1 saturated heterocycles. The third-order valence-corrected chi connectivity index (χ3v) is 6.50. The number of carbonyl (C=O) groups is 1. The van der Waals surface area contributed by atoms with Gasteiger partial charge in [-0.05, 0) is 49.9 Å². The first-order valence-corrected chi connectivity index (χ1v) is 10.7. The van der Waals surface area contributed by atoms with Crippen molar-refractivity contribution < 1.29 is 9.53 Å². The van der Waals surface area contributed by atoms with Gasteiger partial charge in [0, 0.05) is 6.61 Å². The van der Waals surface area contributed by atoms with Crippen molar-refractivity contribution in [3.8, 4) is 0 Å². The monoisotopic (exact) mass is 414 g/mol. The molecule has 1 atom stereocenters. The van der Waals surface area contributed by atoms with Crippen molar-refractivity contribution in [3.05, 3.63) is 58.1 Å². The number of thiazole rings is 1. The maximum absolute atomic E-state index is 13.3. The van der Waals surface area contributed by atoms with Crippen LogP contribution in [0.25, 0.3) is 10.2 Å². The van der Waals surface area contributed by atoms with Gasteiger partial charge in [-0.1, -0.05) is 52.8 Å². The van der Waals surface area contributed by atoms with Crippen LogP contribution in [0.15, 0.2) is 36.4 Å². The lowest BCUT2D eigenvalue weighted by Gasteiger charge is -2.23. The lowest BCUT2D eigenvalue weighted by Crippen LogP contribution is -2.38. The Hall–Kier alpha value is -1.95. The molecule has 146 valence electrons. The molecule has 0 N–H and O–H groups in total. The lowest BCUT2D eigenvalue weighted by atomic mass is 10.0. The number of carbonyl (C=O) groups excluding carboxylic acids is 1. The highest BCUT2D eigenvalue weighted by Gasteiger charge is 2.26. The van der Waals surface area contributed by atoms with E-state index in [1.54, 1.807) is 4.90 Å². The smallest absolute Gasteiger partial charge is 0.233 e. The minimum atomic E-state index is 0.0411. The molecule has 1 aliphatic rings. The fourth-order valence-corrected chi connectivity index (χ4v) is 4.84. The number of para-hydroxylation sites is 1. The van der Waals surface area contributed by atoms with Crippen LogP contribution >= 0.6 is 22.9 Å². The van der Waals surface area contributed by atoms with Crippen molar-refractivity contribution in [3.63, 3.8) is 0 Å². The van der Waals surface area contributed by atoms with Gasteiger partial charge in [-0.3, -0.25) is 9.69 Å². The number of halogens is 1. The van der Waals surface area contributed by atoms with Gasteiger partial charge in [-0.2, -0.15) is 0 Å². The highest BCUT2D eigenvalue weighted by molar-refractivity contribution is 7.22. The molecule has 0 aliphatic carbocycles. The summed E-state index contributed by atoms with van der Waals surface area (Å²) >= 11 is 7.81. The van der Waals surface area contributed by atoms with Gasteiger partial charge in [0.1, 0.15) is 5.52 Å². The predicted octanol–water partition coefficient (Wildman–Crippen LogP) is 5.32. The third-order valence-electron chi connectivity index (χ3n) is 5.15.